The van der Waals surface area contributed by atoms with E-state index < -0.39 is 80.9 Å². The number of alkyl halides is 13. The topological polar surface area (TPSA) is 299 Å². The van der Waals surface area contributed by atoms with E-state index in [-0.39, 0.29) is 124 Å². The molecule has 8 fully saturated rings. The zero-order valence-electron chi connectivity index (χ0n) is 74.3. The third-order valence-electron chi connectivity index (χ3n) is 28.4. The van der Waals surface area contributed by atoms with Crippen LogP contribution in [0, 0.1) is 28.5 Å². The van der Waals surface area contributed by atoms with Gasteiger partial charge in [0.1, 0.15) is 11.5 Å². The number of nitrogens with two attached hydrogens (primary N) is 1. The van der Waals surface area contributed by atoms with Gasteiger partial charge in [0.15, 0.2) is 22.4 Å². The second kappa shape index (κ2) is 38.9. The van der Waals surface area contributed by atoms with E-state index in [0.717, 1.165) is 111 Å². The van der Waals surface area contributed by atoms with Gasteiger partial charge in [-0.15, -0.1) is 0 Å². The number of aliphatic hydroxyl groups is 5. The van der Waals surface area contributed by atoms with Gasteiger partial charge in [-0.1, -0.05) is 91.0 Å². The number of nitriles is 2. The summed E-state index contributed by atoms with van der Waals surface area (Å²) >= 11 is 0. The van der Waals surface area contributed by atoms with Gasteiger partial charge in [0, 0.05) is 107 Å². The zero-order chi connectivity index (χ0) is 97.3. The highest BCUT2D eigenvalue weighted by Gasteiger charge is 2.57. The minimum absolute atomic E-state index is 0.0371. The average molecular weight is 1870 g/mol. The Morgan fingerprint density at radius 2 is 0.657 bits per heavy atom. The molecular weight excluding hydrogens is 1770 g/mol. The van der Waals surface area contributed by atoms with E-state index in [2.05, 4.69) is 16.0 Å². The van der Waals surface area contributed by atoms with E-state index in [1.165, 1.54) is 54.6 Å². The van der Waals surface area contributed by atoms with E-state index in [4.69, 9.17) is 11.0 Å². The molecule has 134 heavy (non-hydrogen) atoms. The Morgan fingerprint density at radius 1 is 0.373 bits per heavy atom. The van der Waals surface area contributed by atoms with Crippen molar-refractivity contribution in [2.24, 2.45) is 5.73 Å². The largest absolute Gasteiger partial charge is 0.421 e. The van der Waals surface area contributed by atoms with Gasteiger partial charge < -0.3 is 50.9 Å². The summed E-state index contributed by atoms with van der Waals surface area (Å²) in [5.74, 6) is -1.85. The average Bonchev–Trinajstić information content (AvgIpc) is 1.61. The van der Waals surface area contributed by atoms with Crippen LogP contribution in [0.5, 0.6) is 0 Å². The predicted octanol–water partition coefficient (Wildman–Crippen LogP) is 19.5. The van der Waals surface area contributed by atoms with Crippen LogP contribution in [-0.2, 0) is 49.3 Å². The van der Waals surface area contributed by atoms with Gasteiger partial charge in [-0.25, -0.2) is 8.78 Å². The van der Waals surface area contributed by atoms with Crippen molar-refractivity contribution in [2.75, 3.05) is 0 Å². The molecular formula is C101H107F14N9O10. The Hall–Kier alpha value is -11.2. The van der Waals surface area contributed by atoms with Crippen molar-refractivity contribution >= 4 is 29.5 Å². The number of primary amides is 1. The van der Waals surface area contributed by atoms with Gasteiger partial charge in [-0.05, 0) is 294 Å². The highest BCUT2D eigenvalue weighted by molar-refractivity contribution is 5.97. The number of benzene rings is 6. The molecule has 0 unspecified atom stereocenters. The van der Waals surface area contributed by atoms with Crippen LogP contribution in [0.25, 0.3) is 0 Å². The van der Waals surface area contributed by atoms with Gasteiger partial charge in [0.05, 0.1) is 34.1 Å². The first-order valence-corrected chi connectivity index (χ1v) is 45.0. The van der Waals surface area contributed by atoms with Gasteiger partial charge >= 0.3 is 24.7 Å². The van der Waals surface area contributed by atoms with Crippen molar-refractivity contribution in [2.45, 2.75) is 299 Å². The number of rotatable bonds is 21. The van der Waals surface area contributed by atoms with Crippen molar-refractivity contribution in [3.8, 4) is 12.1 Å². The second-order valence-electron chi connectivity index (χ2n) is 37.6. The third-order valence-corrected chi connectivity index (χ3v) is 28.4. The molecule has 0 saturated heterocycles. The Kier molecular flexibility index (Phi) is 29.1. The first kappa shape index (κ1) is 100. The number of hydrogen-bond acceptors (Lipinski definition) is 14. The number of carbonyl (C=O) groups is 5. The van der Waals surface area contributed by atoms with Gasteiger partial charge in [-0.3, -0.25) is 33.9 Å². The lowest BCUT2D eigenvalue weighted by molar-refractivity contribution is -0.259. The SMILES string of the molecule is C[C@](O)(c1ccc(C(=O)N(C2CC2)C2CCC(C#N)(c3ccccc3F)CC2)cc1)C(F)(F)F.C[C@](O)(c1ccc(C(=O)N(C2CC2)C2CCC(C(N)=O)(c3cccnc3)CC2)cc1)C(F)(F)F.C[C@](O)(c1ccc(C(=O)N(C2CC2)C2CCC(F)(c3ccc(C#N)cc3)CC2)cc1)C(F)(F)F.C[C@](O)(c1ccc(C(=O)N(C2CC2)C2CCC(O)(c3cccnc3)CC2)cc1)C(F)(F)F. The standard InChI is InChI=1S/2C26H26F4N2O2.C25H28F3N3O3.C24H27F3N2O3/c1-24(34,26(28,29)30)19-8-4-18(5-9-19)23(33)32(21-10-11-21)22-12-14-25(27,15-13-22)20-6-2-17(16-31)3-7-20;1-24(34,26(28,29)30)18-8-6-17(7-9-18)23(33)32(19-10-11-19)20-12-14-25(16-31,15-13-20)21-4-2-3-5-22(21)27;1-23(34,25(26,27)28)17-6-4-16(5-7-17)21(32)31(19-8-9-19)20-10-12-24(13-11-20,22(29)33)18-3-2-14-30-15-18;1-22(31,24(25,26)27)17-6-4-16(5-7-17)21(30)29(19-8-9-19)20-10-12-23(32,13-11-20)18-3-2-14-28-15-18/h2-9,21-22,34H,10-15H2,1H3;2-9,19-20,34H,10-15H2,1H3;2-7,14-15,19-20,34H,8-13H2,1H3,(H2,29,33);2-7,14-15,19-20,31-32H,8-13H2,1H3/t22?,24-,25?;20?,24-,25?;20?,23-,24?;20?,22-,23?/m0000/s1. The maximum atomic E-state index is 15.7. The summed E-state index contributed by atoms with van der Waals surface area (Å²) in [6.45, 7) is 2.75. The van der Waals surface area contributed by atoms with Crippen molar-refractivity contribution in [3.63, 3.8) is 0 Å². The third kappa shape index (κ3) is 21.4. The van der Waals surface area contributed by atoms with Crippen LogP contribution >= 0.6 is 0 Å². The highest BCUT2D eigenvalue weighted by atomic mass is 19.4. The van der Waals surface area contributed by atoms with Gasteiger partial charge in [0.25, 0.3) is 23.6 Å². The Labute approximate surface area is 767 Å². The van der Waals surface area contributed by atoms with Crippen molar-refractivity contribution in [1.29, 1.82) is 10.5 Å². The van der Waals surface area contributed by atoms with Crippen LogP contribution in [-0.4, -0.2) is 158 Å². The lowest BCUT2D eigenvalue weighted by atomic mass is 9.67. The Bertz CT molecular complexity index is 5530. The Morgan fingerprint density at radius 3 is 0.925 bits per heavy atom. The number of carbonyl (C=O) groups excluding carboxylic acids is 5. The fraction of sp³-hybridized carbons (Fsp3) is 0.475. The normalized spacial score (nSPS) is 25.0. The number of nitrogens with zero attached hydrogens (tertiary/aromatic N) is 8. The molecule has 714 valence electrons. The van der Waals surface area contributed by atoms with Crippen LogP contribution in [0.1, 0.15) is 273 Å². The highest BCUT2D eigenvalue weighted by Crippen LogP contribution is 2.51. The van der Waals surface area contributed by atoms with Crippen LogP contribution in [0.4, 0.5) is 61.5 Å². The maximum Gasteiger partial charge on any atom is 0.421 e. The predicted molar refractivity (Wildman–Crippen MR) is 465 cm³/mol. The van der Waals surface area contributed by atoms with Crippen molar-refractivity contribution < 1.29 is 111 Å². The first-order valence-electron chi connectivity index (χ1n) is 45.0. The van der Waals surface area contributed by atoms with Crippen LogP contribution < -0.4 is 5.73 Å². The van der Waals surface area contributed by atoms with E-state index in [0.29, 0.717) is 140 Å². The minimum Gasteiger partial charge on any atom is -0.385 e. The summed E-state index contributed by atoms with van der Waals surface area (Å²) < 4.78 is 188. The molecule has 8 aliphatic rings. The molecule has 0 aliphatic heterocycles. The number of pyridine rings is 2. The molecule has 0 bridgehead atoms. The molecule has 16 rings (SSSR count). The van der Waals surface area contributed by atoms with Gasteiger partial charge in [-0.2, -0.15) is 63.2 Å². The van der Waals surface area contributed by atoms with E-state index in [1.807, 2.05) is 28.0 Å². The molecule has 5 amide bonds. The lowest BCUT2D eigenvalue weighted by Gasteiger charge is -2.42. The number of halogens is 14. The molecule has 6 aromatic carbocycles. The molecule has 19 nitrogen and oxygen atoms in total. The first-order chi connectivity index (χ1) is 63.0. The number of aromatic nitrogens is 2. The second-order valence-corrected chi connectivity index (χ2v) is 37.6. The molecule has 7 N–H and O–H groups in total. The van der Waals surface area contributed by atoms with E-state index in [9.17, 15) is 112 Å². The molecule has 4 atom stereocenters. The summed E-state index contributed by atoms with van der Waals surface area (Å²) in [6, 6.07) is 44.0. The molecule has 0 radical (unpaired) electrons. The summed E-state index contributed by atoms with van der Waals surface area (Å²) in [5.41, 5.74) is -7.75. The summed E-state index contributed by atoms with van der Waals surface area (Å²) in [7, 11) is 0. The van der Waals surface area contributed by atoms with Crippen LogP contribution in [0.3, 0.4) is 0 Å². The summed E-state index contributed by atoms with van der Waals surface area (Å²) in [5, 5.41) is 69.4. The fourth-order valence-electron chi connectivity index (χ4n) is 19.0. The molecule has 0 spiro atoms. The fourth-order valence-corrected chi connectivity index (χ4v) is 19.0. The molecule has 8 aromatic rings. The number of hydrogen-bond donors (Lipinski definition) is 6. The van der Waals surface area contributed by atoms with E-state index >= 15 is 4.39 Å². The monoisotopic (exact) mass is 1870 g/mol. The lowest BCUT2D eigenvalue weighted by Crippen LogP contribution is -2.50. The Balaban J connectivity index is 0.000000152. The quantitative estimate of drug-likeness (QED) is 0.0365. The minimum atomic E-state index is -4.84. The van der Waals surface area contributed by atoms with Crippen molar-refractivity contribution in [1.82, 2.24) is 29.6 Å². The maximum absolute atomic E-state index is 15.7. The zero-order valence-corrected chi connectivity index (χ0v) is 74.3. The van der Waals surface area contributed by atoms with Crippen LogP contribution in [0.15, 0.2) is 195 Å². The van der Waals surface area contributed by atoms with E-state index in [1.54, 1.807) is 89.2 Å². The molecule has 8 saturated carbocycles. The van der Waals surface area contributed by atoms with Gasteiger partial charge in [0.2, 0.25) is 5.91 Å². The smallest absolute Gasteiger partial charge is 0.385 e. The van der Waals surface area contributed by atoms with Crippen molar-refractivity contribution in [3.05, 3.63) is 273 Å². The molecule has 2 heterocycles. The van der Waals surface area contributed by atoms with Crippen LogP contribution in [0.2, 0.25) is 0 Å². The summed E-state index contributed by atoms with van der Waals surface area (Å²) in [6.07, 6.45) is 1.97. The molecule has 8 aliphatic carbocycles. The summed E-state index contributed by atoms with van der Waals surface area (Å²) in [4.78, 5) is 81.2. The molecule has 2 aromatic heterocycles. The molecule has 33 heteroatoms. The number of amides is 5.